The topological polar surface area (TPSA) is 64.5 Å². The summed E-state index contributed by atoms with van der Waals surface area (Å²) in [4.78, 5) is 21.3. The first-order valence-corrected chi connectivity index (χ1v) is 5.99. The van der Waals surface area contributed by atoms with Crippen LogP contribution in [0.5, 0.6) is 5.88 Å². The van der Waals surface area contributed by atoms with Crippen molar-refractivity contribution in [1.82, 2.24) is 14.9 Å². The lowest BCUT2D eigenvalue weighted by molar-refractivity contribution is -0.136. The molecule has 1 amide bonds. The van der Waals surface area contributed by atoms with Crippen LogP contribution in [-0.4, -0.2) is 53.7 Å². The molecule has 1 aromatic rings. The molecule has 0 radical (unpaired) electrons. The predicted molar refractivity (Wildman–Crippen MR) is 64.1 cm³/mol. The van der Waals surface area contributed by atoms with Crippen molar-refractivity contribution in [2.24, 2.45) is 0 Å². The summed E-state index contributed by atoms with van der Waals surface area (Å²) in [6.07, 6.45) is 4.87. The Kier molecular flexibility index (Phi) is 4.46. The zero-order valence-corrected chi connectivity index (χ0v) is 10.4. The Morgan fingerprint density at radius 2 is 2.28 bits per heavy atom. The second-order valence-corrected chi connectivity index (χ2v) is 4.18. The van der Waals surface area contributed by atoms with Crippen molar-refractivity contribution < 1.29 is 14.3 Å². The van der Waals surface area contributed by atoms with Crippen LogP contribution in [0.15, 0.2) is 18.6 Å². The number of methoxy groups -OCH3 is 1. The van der Waals surface area contributed by atoms with E-state index in [0.29, 0.717) is 19.0 Å². The van der Waals surface area contributed by atoms with Gasteiger partial charge in [0.25, 0.3) is 0 Å². The molecular formula is C12H17N3O3. The second kappa shape index (κ2) is 6.30. The molecule has 0 spiro atoms. The summed E-state index contributed by atoms with van der Waals surface area (Å²) in [5.74, 6) is 0.629. The number of ether oxygens (including phenoxy) is 2. The number of hydrogen-bond acceptors (Lipinski definition) is 5. The van der Waals surface area contributed by atoms with Crippen LogP contribution in [0, 0.1) is 0 Å². The second-order valence-electron chi connectivity index (χ2n) is 4.18. The molecular weight excluding hydrogens is 234 g/mol. The summed E-state index contributed by atoms with van der Waals surface area (Å²) >= 11 is 0. The fourth-order valence-electron chi connectivity index (χ4n) is 1.96. The molecule has 0 bridgehead atoms. The minimum atomic E-state index is 0.0398. The summed E-state index contributed by atoms with van der Waals surface area (Å²) in [5.41, 5.74) is 0. The van der Waals surface area contributed by atoms with E-state index in [1.165, 1.54) is 13.4 Å². The van der Waals surface area contributed by atoms with Crippen molar-refractivity contribution in [3.8, 4) is 5.88 Å². The van der Waals surface area contributed by atoms with E-state index in [1.54, 1.807) is 12.3 Å². The minimum Gasteiger partial charge on any atom is -0.474 e. The molecule has 1 aliphatic heterocycles. The number of hydrogen-bond donors (Lipinski definition) is 0. The molecule has 1 fully saturated rings. The Hall–Kier alpha value is -1.69. The van der Waals surface area contributed by atoms with Crippen LogP contribution in [0.25, 0.3) is 0 Å². The van der Waals surface area contributed by atoms with Gasteiger partial charge in [-0.3, -0.25) is 4.79 Å². The van der Waals surface area contributed by atoms with Crippen molar-refractivity contribution in [3.05, 3.63) is 18.6 Å². The maximum absolute atomic E-state index is 11.6. The third kappa shape index (κ3) is 3.40. The zero-order valence-electron chi connectivity index (χ0n) is 10.4. The Balaban J connectivity index is 1.78. The van der Waals surface area contributed by atoms with Gasteiger partial charge in [-0.15, -0.1) is 0 Å². The SMILES string of the molecule is COCC(=O)N1CCC(Oc2ccncn2)CC1. The minimum absolute atomic E-state index is 0.0398. The largest absolute Gasteiger partial charge is 0.474 e. The number of likely N-dealkylation sites (tertiary alicyclic amines) is 1. The van der Waals surface area contributed by atoms with E-state index in [4.69, 9.17) is 9.47 Å². The normalized spacial score (nSPS) is 16.6. The lowest BCUT2D eigenvalue weighted by Crippen LogP contribution is -2.43. The standard InChI is InChI=1S/C12H17N3O3/c1-17-8-12(16)15-6-3-10(4-7-15)18-11-2-5-13-9-14-11/h2,5,9-10H,3-4,6-8H2,1H3. The van der Waals surface area contributed by atoms with Crippen LogP contribution in [0.2, 0.25) is 0 Å². The van der Waals surface area contributed by atoms with Crippen LogP contribution in [0.3, 0.4) is 0 Å². The molecule has 18 heavy (non-hydrogen) atoms. The third-order valence-electron chi connectivity index (χ3n) is 2.90. The number of carbonyl (C=O) groups excluding carboxylic acids is 1. The molecule has 1 aromatic heterocycles. The molecule has 1 aliphatic rings. The molecule has 2 heterocycles. The van der Waals surface area contributed by atoms with Crippen LogP contribution in [-0.2, 0) is 9.53 Å². The fraction of sp³-hybridized carbons (Fsp3) is 0.583. The van der Waals surface area contributed by atoms with Gasteiger partial charge in [-0.05, 0) is 0 Å². The predicted octanol–water partition coefficient (Wildman–Crippen LogP) is 0.493. The number of piperidine rings is 1. The molecule has 0 saturated carbocycles. The van der Waals surface area contributed by atoms with Gasteiger partial charge in [-0.2, -0.15) is 0 Å². The summed E-state index contributed by atoms with van der Waals surface area (Å²) in [7, 11) is 1.53. The van der Waals surface area contributed by atoms with E-state index >= 15 is 0 Å². The lowest BCUT2D eigenvalue weighted by atomic mass is 10.1. The highest BCUT2D eigenvalue weighted by atomic mass is 16.5. The van der Waals surface area contributed by atoms with Crippen LogP contribution < -0.4 is 4.74 Å². The molecule has 0 unspecified atom stereocenters. The van der Waals surface area contributed by atoms with Gasteiger partial charge in [0.05, 0.1) is 0 Å². The van der Waals surface area contributed by atoms with Gasteiger partial charge in [-0.1, -0.05) is 0 Å². The molecule has 2 rings (SSSR count). The number of amides is 1. The molecule has 0 N–H and O–H groups in total. The average molecular weight is 251 g/mol. The molecule has 6 nitrogen and oxygen atoms in total. The van der Waals surface area contributed by atoms with Crippen molar-refractivity contribution in [1.29, 1.82) is 0 Å². The van der Waals surface area contributed by atoms with Crippen LogP contribution in [0.4, 0.5) is 0 Å². The molecule has 6 heteroatoms. The van der Waals surface area contributed by atoms with Crippen molar-refractivity contribution in [2.75, 3.05) is 26.8 Å². The Labute approximate surface area is 106 Å². The summed E-state index contributed by atoms with van der Waals surface area (Å²) in [5, 5.41) is 0. The van der Waals surface area contributed by atoms with Gasteiger partial charge >= 0.3 is 0 Å². The maximum atomic E-state index is 11.6. The first kappa shape index (κ1) is 12.8. The highest BCUT2D eigenvalue weighted by Gasteiger charge is 2.23. The van der Waals surface area contributed by atoms with Crippen molar-refractivity contribution in [2.45, 2.75) is 18.9 Å². The van der Waals surface area contributed by atoms with E-state index in [-0.39, 0.29) is 18.6 Å². The van der Waals surface area contributed by atoms with Gasteiger partial charge in [0, 0.05) is 45.3 Å². The van der Waals surface area contributed by atoms with Crippen molar-refractivity contribution in [3.63, 3.8) is 0 Å². The molecule has 0 aliphatic carbocycles. The maximum Gasteiger partial charge on any atom is 0.248 e. The van der Waals surface area contributed by atoms with Gasteiger partial charge in [-0.25, -0.2) is 9.97 Å². The average Bonchev–Trinajstić information content (AvgIpc) is 2.41. The van der Waals surface area contributed by atoms with Gasteiger partial charge < -0.3 is 14.4 Å². The number of nitrogens with zero attached hydrogens (tertiary/aromatic N) is 3. The van der Waals surface area contributed by atoms with Gasteiger partial charge in [0.1, 0.15) is 19.0 Å². The molecule has 98 valence electrons. The number of carbonyl (C=O) groups is 1. The van der Waals surface area contributed by atoms with E-state index in [9.17, 15) is 4.79 Å². The van der Waals surface area contributed by atoms with E-state index in [2.05, 4.69) is 9.97 Å². The van der Waals surface area contributed by atoms with E-state index < -0.39 is 0 Å². The van der Waals surface area contributed by atoms with Gasteiger partial charge in [0.2, 0.25) is 11.8 Å². The first-order valence-electron chi connectivity index (χ1n) is 5.99. The smallest absolute Gasteiger partial charge is 0.248 e. The third-order valence-corrected chi connectivity index (χ3v) is 2.90. The van der Waals surface area contributed by atoms with Crippen molar-refractivity contribution >= 4 is 5.91 Å². The summed E-state index contributed by atoms with van der Waals surface area (Å²) in [6.45, 7) is 1.56. The Morgan fingerprint density at radius 1 is 1.50 bits per heavy atom. The Morgan fingerprint density at radius 3 is 2.89 bits per heavy atom. The fourth-order valence-corrected chi connectivity index (χ4v) is 1.96. The highest BCUT2D eigenvalue weighted by Crippen LogP contribution is 2.16. The Bertz CT molecular complexity index is 377. The monoisotopic (exact) mass is 251 g/mol. The summed E-state index contributed by atoms with van der Waals surface area (Å²) < 4.78 is 10.6. The van der Waals surface area contributed by atoms with E-state index in [1.807, 2.05) is 4.90 Å². The molecule has 0 aromatic carbocycles. The zero-order chi connectivity index (χ0) is 12.8. The first-order chi connectivity index (χ1) is 8.79. The number of rotatable bonds is 4. The number of aromatic nitrogens is 2. The lowest BCUT2D eigenvalue weighted by Gasteiger charge is -2.31. The van der Waals surface area contributed by atoms with Crippen LogP contribution >= 0.6 is 0 Å². The van der Waals surface area contributed by atoms with Crippen LogP contribution in [0.1, 0.15) is 12.8 Å². The molecule has 1 saturated heterocycles. The quantitative estimate of drug-likeness (QED) is 0.779. The van der Waals surface area contributed by atoms with Gasteiger partial charge in [0.15, 0.2) is 0 Å². The molecule has 0 atom stereocenters. The highest BCUT2D eigenvalue weighted by molar-refractivity contribution is 5.77. The summed E-state index contributed by atoms with van der Waals surface area (Å²) in [6, 6.07) is 1.74. The van der Waals surface area contributed by atoms with E-state index in [0.717, 1.165) is 12.8 Å².